The van der Waals surface area contributed by atoms with Crippen molar-refractivity contribution in [2.45, 2.75) is 13.8 Å². The number of aryl methyl sites for hydroxylation is 2. The van der Waals surface area contributed by atoms with Gasteiger partial charge in [-0.1, -0.05) is 30.3 Å². The molecule has 0 aliphatic heterocycles. The minimum atomic E-state index is -0.785. The van der Waals surface area contributed by atoms with Crippen molar-refractivity contribution >= 4 is 17.5 Å². The van der Waals surface area contributed by atoms with Crippen molar-refractivity contribution in [3.63, 3.8) is 0 Å². The van der Waals surface area contributed by atoms with Gasteiger partial charge < -0.3 is 4.74 Å². The fraction of sp³-hybridized carbons (Fsp3) is 0.176. The summed E-state index contributed by atoms with van der Waals surface area (Å²) in [4.78, 5) is 34.0. The van der Waals surface area contributed by atoms with Crippen molar-refractivity contribution in [3.8, 4) is 5.75 Å². The Kier molecular flexibility index (Phi) is 5.67. The first kappa shape index (κ1) is 17.9. The minimum Gasteiger partial charge on any atom is -0.483 e. The third-order valence-corrected chi connectivity index (χ3v) is 3.42. The second-order valence-corrected chi connectivity index (χ2v) is 5.29. The van der Waals surface area contributed by atoms with Crippen molar-refractivity contribution in [2.75, 3.05) is 6.61 Å². The monoisotopic (exact) mass is 343 g/mol. The summed E-state index contributed by atoms with van der Waals surface area (Å²) < 4.78 is 5.46. The van der Waals surface area contributed by atoms with Gasteiger partial charge in [0.15, 0.2) is 6.61 Å². The molecule has 2 aromatic rings. The molecule has 2 aromatic carbocycles. The van der Waals surface area contributed by atoms with E-state index in [0.717, 1.165) is 11.1 Å². The molecule has 2 N–H and O–H groups in total. The molecule has 0 heterocycles. The van der Waals surface area contributed by atoms with Gasteiger partial charge in [-0.3, -0.25) is 30.6 Å². The average molecular weight is 343 g/mol. The molecule has 0 fully saturated rings. The Morgan fingerprint density at radius 2 is 1.68 bits per heavy atom. The normalized spacial score (nSPS) is 10.0. The van der Waals surface area contributed by atoms with Crippen LogP contribution in [-0.2, 0) is 4.79 Å². The predicted molar refractivity (Wildman–Crippen MR) is 90.1 cm³/mol. The van der Waals surface area contributed by atoms with Gasteiger partial charge in [-0.25, -0.2) is 0 Å². The maximum absolute atomic E-state index is 12.0. The van der Waals surface area contributed by atoms with Gasteiger partial charge in [-0.2, -0.15) is 0 Å². The van der Waals surface area contributed by atoms with Crippen LogP contribution in [0, 0.1) is 24.0 Å². The average Bonchev–Trinajstić information content (AvgIpc) is 2.59. The predicted octanol–water partition coefficient (Wildman–Crippen LogP) is 2.05. The van der Waals surface area contributed by atoms with Crippen LogP contribution >= 0.6 is 0 Å². The second kappa shape index (κ2) is 7.91. The van der Waals surface area contributed by atoms with Crippen LogP contribution in [0.1, 0.15) is 21.5 Å². The number of carbonyl (C=O) groups is 2. The fourth-order valence-electron chi connectivity index (χ4n) is 2.22. The molecule has 0 aromatic heterocycles. The van der Waals surface area contributed by atoms with E-state index in [9.17, 15) is 19.7 Å². The molecule has 25 heavy (non-hydrogen) atoms. The molecule has 0 saturated carbocycles. The molecule has 0 unspecified atom stereocenters. The fourth-order valence-corrected chi connectivity index (χ4v) is 2.22. The quantitative estimate of drug-likeness (QED) is 0.638. The van der Waals surface area contributed by atoms with E-state index in [1.807, 2.05) is 32.0 Å². The maximum atomic E-state index is 12.0. The number of nitrogens with one attached hydrogen (secondary N) is 2. The summed E-state index contributed by atoms with van der Waals surface area (Å²) in [5, 5.41) is 10.9. The number of carbonyl (C=O) groups excluding carboxylic acids is 2. The Bertz CT molecular complexity index is 799. The molecule has 0 saturated heterocycles. The van der Waals surface area contributed by atoms with Crippen molar-refractivity contribution in [1.29, 1.82) is 0 Å². The van der Waals surface area contributed by atoms with Gasteiger partial charge in [0.2, 0.25) is 0 Å². The van der Waals surface area contributed by atoms with E-state index in [-0.39, 0.29) is 17.9 Å². The van der Waals surface area contributed by atoms with E-state index in [1.54, 1.807) is 0 Å². The number of hydrazine groups is 1. The summed E-state index contributed by atoms with van der Waals surface area (Å²) in [5.74, 6) is -0.773. The van der Waals surface area contributed by atoms with Crippen molar-refractivity contribution in [1.82, 2.24) is 10.9 Å². The lowest BCUT2D eigenvalue weighted by molar-refractivity contribution is -0.385. The molecule has 8 heteroatoms. The lowest BCUT2D eigenvalue weighted by atomic mass is 10.1. The van der Waals surface area contributed by atoms with Crippen LogP contribution in [0.2, 0.25) is 0 Å². The van der Waals surface area contributed by atoms with Gasteiger partial charge in [-0.05, 0) is 31.0 Å². The van der Waals surface area contributed by atoms with Gasteiger partial charge in [-0.15, -0.1) is 0 Å². The third-order valence-electron chi connectivity index (χ3n) is 3.42. The number of nitro benzene ring substituents is 1. The Labute approximate surface area is 143 Å². The van der Waals surface area contributed by atoms with Crippen molar-refractivity contribution in [3.05, 3.63) is 69.3 Å². The second-order valence-electron chi connectivity index (χ2n) is 5.29. The first-order valence-corrected chi connectivity index (χ1v) is 7.41. The Balaban J connectivity index is 1.92. The number of ether oxygens (including phenoxy) is 1. The SMILES string of the molecule is Cc1cccc(C)c1OCC(=O)NNC(=O)c1ccccc1[N+](=O)[O-]. The first-order valence-electron chi connectivity index (χ1n) is 7.41. The summed E-state index contributed by atoms with van der Waals surface area (Å²) in [6, 6.07) is 11.0. The zero-order valence-corrected chi connectivity index (χ0v) is 13.7. The van der Waals surface area contributed by atoms with Gasteiger partial charge in [0.05, 0.1) is 4.92 Å². The zero-order valence-electron chi connectivity index (χ0n) is 13.7. The summed E-state index contributed by atoms with van der Waals surface area (Å²) in [6.07, 6.45) is 0. The Morgan fingerprint density at radius 3 is 2.32 bits per heavy atom. The van der Waals surface area contributed by atoms with Crippen LogP contribution in [0.3, 0.4) is 0 Å². The molecular formula is C17H17N3O5. The highest BCUT2D eigenvalue weighted by Crippen LogP contribution is 2.22. The standard InChI is InChI=1S/C17H17N3O5/c1-11-6-5-7-12(2)16(11)25-10-15(21)18-19-17(22)13-8-3-4-9-14(13)20(23)24/h3-9H,10H2,1-2H3,(H,18,21)(H,19,22). The van der Waals surface area contributed by atoms with Crippen LogP contribution < -0.4 is 15.6 Å². The number of nitro groups is 1. The maximum Gasteiger partial charge on any atom is 0.282 e. The number of amides is 2. The molecule has 0 spiro atoms. The highest BCUT2D eigenvalue weighted by molar-refractivity contribution is 5.99. The number of hydrogen-bond donors (Lipinski definition) is 2. The topological polar surface area (TPSA) is 111 Å². The smallest absolute Gasteiger partial charge is 0.282 e. The van der Waals surface area contributed by atoms with Crippen molar-refractivity contribution in [2.24, 2.45) is 0 Å². The van der Waals surface area contributed by atoms with E-state index in [1.165, 1.54) is 24.3 Å². The molecular weight excluding hydrogens is 326 g/mol. The van der Waals surface area contributed by atoms with E-state index >= 15 is 0 Å². The van der Waals surface area contributed by atoms with Crippen LogP contribution in [0.25, 0.3) is 0 Å². The summed E-state index contributed by atoms with van der Waals surface area (Å²) in [7, 11) is 0. The molecule has 0 aliphatic rings. The number of benzene rings is 2. The molecule has 0 radical (unpaired) electrons. The van der Waals surface area contributed by atoms with Gasteiger partial charge in [0.1, 0.15) is 11.3 Å². The Hall–Kier alpha value is -3.42. The van der Waals surface area contributed by atoms with E-state index in [2.05, 4.69) is 10.9 Å². The number of para-hydroxylation sites is 2. The van der Waals surface area contributed by atoms with Crippen LogP contribution in [-0.4, -0.2) is 23.3 Å². The molecule has 130 valence electrons. The van der Waals surface area contributed by atoms with Gasteiger partial charge in [0, 0.05) is 6.07 Å². The minimum absolute atomic E-state index is 0.150. The molecule has 2 amide bonds. The lowest BCUT2D eigenvalue weighted by Crippen LogP contribution is -2.44. The summed E-state index contributed by atoms with van der Waals surface area (Å²) in [6.45, 7) is 3.41. The lowest BCUT2D eigenvalue weighted by Gasteiger charge is -2.12. The Morgan fingerprint density at radius 1 is 1.04 bits per heavy atom. The largest absolute Gasteiger partial charge is 0.483 e. The number of nitrogens with zero attached hydrogens (tertiary/aromatic N) is 1. The molecule has 2 rings (SSSR count). The van der Waals surface area contributed by atoms with E-state index in [0.29, 0.717) is 5.75 Å². The molecule has 0 aliphatic carbocycles. The van der Waals surface area contributed by atoms with Crippen molar-refractivity contribution < 1.29 is 19.2 Å². The molecule has 0 bridgehead atoms. The highest BCUT2D eigenvalue weighted by Gasteiger charge is 2.19. The van der Waals surface area contributed by atoms with E-state index in [4.69, 9.17) is 4.74 Å². The highest BCUT2D eigenvalue weighted by atomic mass is 16.6. The first-order chi connectivity index (χ1) is 11.9. The van der Waals surface area contributed by atoms with Crippen LogP contribution in [0.4, 0.5) is 5.69 Å². The van der Waals surface area contributed by atoms with Crippen LogP contribution in [0.15, 0.2) is 42.5 Å². The molecule has 0 atom stereocenters. The third kappa shape index (κ3) is 4.54. The summed E-state index contributed by atoms with van der Waals surface area (Å²) >= 11 is 0. The van der Waals surface area contributed by atoms with E-state index < -0.39 is 16.7 Å². The van der Waals surface area contributed by atoms with Gasteiger partial charge >= 0.3 is 0 Å². The number of hydrogen-bond acceptors (Lipinski definition) is 5. The zero-order chi connectivity index (χ0) is 18.4. The molecule has 8 nitrogen and oxygen atoms in total. The summed E-state index contributed by atoms with van der Waals surface area (Å²) in [5.41, 5.74) is 5.58. The number of rotatable bonds is 5. The van der Waals surface area contributed by atoms with Crippen LogP contribution in [0.5, 0.6) is 5.75 Å². The van der Waals surface area contributed by atoms with Gasteiger partial charge in [0.25, 0.3) is 17.5 Å².